The third kappa shape index (κ3) is 5.21. The molecule has 0 radical (unpaired) electrons. The number of hydrogen-bond donors (Lipinski definition) is 1. The maximum Gasteiger partial charge on any atom is 0.262 e. The van der Waals surface area contributed by atoms with E-state index in [2.05, 4.69) is 82.4 Å². The SMILES string of the molecule is CCC(CCN1CCN(C(c2ccccc2)c2ccccc2)CC1)n1c(=S)[nH]c2ccccc2c1=O. The standard InChI is InChI=1S/C30H34N4OS/c1-2-25(34-29(35)26-15-9-10-16-27(26)31-30(34)36)17-18-32-19-21-33(22-20-32)28(23-11-5-3-6-12-23)24-13-7-4-8-14-24/h3-16,25,28H,2,17-22H2,1H3,(H,31,36). The number of H-pyrrole nitrogens is 1. The minimum atomic E-state index is 0.0135. The van der Waals surface area contributed by atoms with Crippen LogP contribution in [-0.2, 0) is 0 Å². The van der Waals surface area contributed by atoms with Gasteiger partial charge in [0.2, 0.25) is 0 Å². The maximum absolute atomic E-state index is 13.2. The number of aromatic nitrogens is 2. The third-order valence-corrected chi connectivity index (χ3v) is 7.75. The maximum atomic E-state index is 13.2. The molecule has 1 N–H and O–H groups in total. The van der Waals surface area contributed by atoms with Gasteiger partial charge < -0.3 is 9.88 Å². The Labute approximate surface area is 218 Å². The van der Waals surface area contributed by atoms with E-state index in [0.29, 0.717) is 10.2 Å². The fraction of sp³-hybridized carbons (Fsp3) is 0.333. The number of benzene rings is 3. The molecule has 0 saturated carbocycles. The van der Waals surface area contributed by atoms with Gasteiger partial charge in [0.1, 0.15) is 0 Å². The predicted molar refractivity (Wildman–Crippen MR) is 150 cm³/mol. The van der Waals surface area contributed by atoms with Crippen LogP contribution in [0.3, 0.4) is 0 Å². The number of para-hydroxylation sites is 1. The van der Waals surface area contributed by atoms with Crippen LogP contribution in [0.15, 0.2) is 89.7 Å². The van der Waals surface area contributed by atoms with Crippen molar-refractivity contribution in [2.45, 2.75) is 31.8 Å². The Morgan fingerprint density at radius 3 is 2.03 bits per heavy atom. The molecule has 1 saturated heterocycles. The van der Waals surface area contributed by atoms with Gasteiger partial charge in [-0.2, -0.15) is 0 Å². The molecule has 1 unspecified atom stereocenters. The fourth-order valence-electron chi connectivity index (χ4n) is 5.48. The zero-order valence-electron chi connectivity index (χ0n) is 20.8. The quantitative estimate of drug-likeness (QED) is 0.312. The highest BCUT2D eigenvalue weighted by atomic mass is 32.1. The third-order valence-electron chi connectivity index (χ3n) is 7.45. The highest BCUT2D eigenvalue weighted by Crippen LogP contribution is 2.29. The summed E-state index contributed by atoms with van der Waals surface area (Å²) in [6, 6.07) is 29.6. The van der Waals surface area contributed by atoms with Crippen LogP contribution in [0, 0.1) is 4.77 Å². The zero-order chi connectivity index (χ0) is 24.9. The van der Waals surface area contributed by atoms with Crippen molar-refractivity contribution in [1.29, 1.82) is 0 Å². The summed E-state index contributed by atoms with van der Waals surface area (Å²) in [6.45, 7) is 7.17. The Balaban J connectivity index is 1.27. The molecule has 5 nitrogen and oxygen atoms in total. The number of aromatic amines is 1. The van der Waals surface area contributed by atoms with Crippen LogP contribution in [0.1, 0.15) is 43.0 Å². The Morgan fingerprint density at radius 1 is 0.833 bits per heavy atom. The van der Waals surface area contributed by atoms with Crippen molar-refractivity contribution in [2.75, 3.05) is 32.7 Å². The molecule has 2 heterocycles. The lowest BCUT2D eigenvalue weighted by molar-refractivity contribution is 0.105. The van der Waals surface area contributed by atoms with Gasteiger partial charge in [-0.25, -0.2) is 0 Å². The lowest BCUT2D eigenvalue weighted by Crippen LogP contribution is -2.48. The normalized spacial score (nSPS) is 15.9. The lowest BCUT2D eigenvalue weighted by atomic mass is 9.96. The van der Waals surface area contributed by atoms with Crippen LogP contribution in [-0.4, -0.2) is 52.1 Å². The summed E-state index contributed by atoms with van der Waals surface area (Å²) in [4.78, 5) is 21.6. The summed E-state index contributed by atoms with van der Waals surface area (Å²) in [5, 5.41) is 0.700. The molecule has 1 atom stereocenters. The number of fused-ring (bicyclic) bond motifs is 1. The van der Waals surface area contributed by atoms with E-state index in [1.807, 2.05) is 24.3 Å². The second-order valence-corrected chi connectivity index (χ2v) is 9.99. The number of nitrogens with one attached hydrogen (secondary N) is 1. The zero-order valence-corrected chi connectivity index (χ0v) is 21.7. The first-order chi connectivity index (χ1) is 17.7. The van der Waals surface area contributed by atoms with Crippen molar-refractivity contribution >= 4 is 23.1 Å². The topological polar surface area (TPSA) is 44.3 Å². The molecule has 36 heavy (non-hydrogen) atoms. The lowest BCUT2D eigenvalue weighted by Gasteiger charge is -2.40. The molecule has 1 aromatic heterocycles. The van der Waals surface area contributed by atoms with Crippen LogP contribution in [0.4, 0.5) is 0 Å². The van der Waals surface area contributed by atoms with Crippen LogP contribution in [0.2, 0.25) is 0 Å². The van der Waals surface area contributed by atoms with E-state index < -0.39 is 0 Å². The molecule has 0 amide bonds. The highest BCUT2D eigenvalue weighted by Gasteiger charge is 2.26. The molecule has 0 spiro atoms. The second kappa shape index (κ2) is 11.3. The first-order valence-corrected chi connectivity index (χ1v) is 13.4. The van der Waals surface area contributed by atoms with E-state index in [-0.39, 0.29) is 17.6 Å². The number of rotatable bonds is 8. The van der Waals surface area contributed by atoms with E-state index in [1.54, 1.807) is 4.57 Å². The molecule has 1 aliphatic rings. The molecule has 6 heteroatoms. The van der Waals surface area contributed by atoms with E-state index in [4.69, 9.17) is 12.2 Å². The van der Waals surface area contributed by atoms with Crippen molar-refractivity contribution in [3.8, 4) is 0 Å². The van der Waals surface area contributed by atoms with Gasteiger partial charge in [0.15, 0.2) is 4.77 Å². The fourth-order valence-corrected chi connectivity index (χ4v) is 5.83. The number of nitrogens with zero attached hydrogens (tertiary/aromatic N) is 3. The van der Waals surface area contributed by atoms with Crippen LogP contribution in [0.5, 0.6) is 0 Å². The van der Waals surface area contributed by atoms with Gasteiger partial charge in [0, 0.05) is 38.8 Å². The minimum Gasteiger partial charge on any atom is -0.332 e. The van der Waals surface area contributed by atoms with Gasteiger partial charge >= 0.3 is 0 Å². The summed E-state index contributed by atoms with van der Waals surface area (Å²) in [5.41, 5.74) is 3.50. The molecule has 4 aromatic rings. The first kappa shape index (κ1) is 24.6. The van der Waals surface area contributed by atoms with Crippen molar-refractivity contribution in [1.82, 2.24) is 19.4 Å². The summed E-state index contributed by atoms with van der Waals surface area (Å²) >= 11 is 5.60. The van der Waals surface area contributed by atoms with Crippen molar-refractivity contribution in [3.05, 3.63) is 111 Å². The van der Waals surface area contributed by atoms with E-state index in [0.717, 1.165) is 51.1 Å². The van der Waals surface area contributed by atoms with Crippen molar-refractivity contribution in [2.24, 2.45) is 0 Å². The summed E-state index contributed by atoms with van der Waals surface area (Å²) in [6.07, 6.45) is 1.78. The van der Waals surface area contributed by atoms with Gasteiger partial charge in [-0.1, -0.05) is 79.7 Å². The molecule has 0 bridgehead atoms. The van der Waals surface area contributed by atoms with Crippen molar-refractivity contribution < 1.29 is 0 Å². The van der Waals surface area contributed by atoms with Gasteiger partial charge in [-0.3, -0.25) is 14.3 Å². The number of hydrogen-bond acceptors (Lipinski definition) is 4. The summed E-state index contributed by atoms with van der Waals surface area (Å²) in [5.74, 6) is 0. The van der Waals surface area contributed by atoms with Crippen LogP contribution in [0.25, 0.3) is 10.9 Å². The molecule has 1 fully saturated rings. The molecule has 1 aliphatic heterocycles. The Morgan fingerprint density at radius 2 is 1.42 bits per heavy atom. The average Bonchev–Trinajstić information content (AvgIpc) is 2.92. The summed E-state index contributed by atoms with van der Waals surface area (Å²) < 4.78 is 2.32. The van der Waals surface area contributed by atoms with Crippen LogP contribution >= 0.6 is 12.2 Å². The molecule has 5 rings (SSSR count). The minimum absolute atomic E-state index is 0.0135. The van der Waals surface area contributed by atoms with Gasteiger partial charge in [0.25, 0.3) is 5.56 Å². The Bertz CT molecular complexity index is 1350. The van der Waals surface area contributed by atoms with E-state index in [9.17, 15) is 4.79 Å². The van der Waals surface area contributed by atoms with E-state index in [1.165, 1.54) is 11.1 Å². The number of piperazine rings is 1. The van der Waals surface area contributed by atoms with E-state index >= 15 is 0 Å². The Kier molecular flexibility index (Phi) is 7.75. The Hall–Kier alpha value is -3.06. The smallest absolute Gasteiger partial charge is 0.262 e. The first-order valence-electron chi connectivity index (χ1n) is 13.0. The molecular formula is C30H34N4OS. The van der Waals surface area contributed by atoms with Gasteiger partial charge in [-0.05, 0) is 48.3 Å². The largest absolute Gasteiger partial charge is 0.332 e. The van der Waals surface area contributed by atoms with Gasteiger partial charge in [-0.15, -0.1) is 0 Å². The van der Waals surface area contributed by atoms with Gasteiger partial charge in [0.05, 0.1) is 16.9 Å². The molecule has 0 aliphatic carbocycles. The highest BCUT2D eigenvalue weighted by molar-refractivity contribution is 7.71. The monoisotopic (exact) mass is 498 g/mol. The second-order valence-electron chi connectivity index (χ2n) is 9.60. The molecule has 186 valence electrons. The predicted octanol–water partition coefficient (Wildman–Crippen LogP) is 5.81. The summed E-state index contributed by atoms with van der Waals surface area (Å²) in [7, 11) is 0. The molecule has 3 aromatic carbocycles. The average molecular weight is 499 g/mol. The van der Waals surface area contributed by atoms with Crippen LogP contribution < -0.4 is 5.56 Å². The van der Waals surface area contributed by atoms with Crippen molar-refractivity contribution in [3.63, 3.8) is 0 Å². The molecular weight excluding hydrogens is 464 g/mol.